The quantitative estimate of drug-likeness (QED) is 0.529. The molecule has 1 aromatic heterocycles. The highest BCUT2D eigenvalue weighted by Crippen LogP contribution is 2.29. The van der Waals surface area contributed by atoms with Crippen molar-refractivity contribution in [2.75, 3.05) is 5.32 Å². The van der Waals surface area contributed by atoms with Gasteiger partial charge in [0.25, 0.3) is 11.6 Å². The van der Waals surface area contributed by atoms with Crippen LogP contribution >= 0.6 is 0 Å². The van der Waals surface area contributed by atoms with Crippen LogP contribution in [0.15, 0.2) is 36.4 Å². The summed E-state index contributed by atoms with van der Waals surface area (Å²) in [5, 5.41) is 18.1. The second-order valence-electron chi connectivity index (χ2n) is 6.85. The Bertz CT molecular complexity index is 1160. The van der Waals surface area contributed by atoms with Gasteiger partial charge in [-0.25, -0.2) is 13.5 Å². The highest BCUT2D eigenvalue weighted by molar-refractivity contribution is 6.04. The van der Waals surface area contributed by atoms with Crippen LogP contribution in [0.2, 0.25) is 0 Å². The Kier molecular flexibility index (Phi) is 4.57. The van der Waals surface area contributed by atoms with Gasteiger partial charge in [0.05, 0.1) is 10.6 Å². The number of nitro groups is 1. The predicted molar refractivity (Wildman–Crippen MR) is 101 cm³/mol. The van der Waals surface area contributed by atoms with E-state index in [1.807, 2.05) is 0 Å². The van der Waals surface area contributed by atoms with Gasteiger partial charge in [-0.3, -0.25) is 14.9 Å². The fourth-order valence-electron chi connectivity index (χ4n) is 3.52. The number of hydrogen-bond acceptors (Lipinski definition) is 4. The van der Waals surface area contributed by atoms with Crippen LogP contribution in [0.3, 0.4) is 0 Å². The molecule has 0 aliphatic heterocycles. The van der Waals surface area contributed by atoms with Crippen molar-refractivity contribution in [3.05, 3.63) is 80.7 Å². The molecule has 0 atom stereocenters. The van der Waals surface area contributed by atoms with Crippen LogP contribution in [0.1, 0.15) is 33.7 Å². The maximum absolute atomic E-state index is 13.7. The zero-order valence-electron chi connectivity index (χ0n) is 15.4. The fourth-order valence-corrected chi connectivity index (χ4v) is 3.52. The first-order valence-electron chi connectivity index (χ1n) is 8.97. The molecule has 0 spiro atoms. The van der Waals surface area contributed by atoms with Gasteiger partial charge >= 0.3 is 0 Å². The number of amides is 1. The standard InChI is InChI=1S/C20H16F2N4O3/c1-11-5-6-12(9-18(11)26(28)29)23-20(27)19-14-3-2-4-17(14)25(24-19)13-7-8-15(21)16(22)10-13/h5-10H,2-4H2,1H3,(H,23,27). The van der Waals surface area contributed by atoms with Crippen molar-refractivity contribution in [1.82, 2.24) is 9.78 Å². The topological polar surface area (TPSA) is 90.1 Å². The zero-order valence-corrected chi connectivity index (χ0v) is 15.4. The van der Waals surface area contributed by atoms with Gasteiger partial charge in [-0.15, -0.1) is 0 Å². The molecule has 1 aliphatic rings. The SMILES string of the molecule is Cc1ccc(NC(=O)c2nn(-c3ccc(F)c(F)c3)c3c2CCC3)cc1[N+](=O)[O-]. The number of carbonyl (C=O) groups is 1. The summed E-state index contributed by atoms with van der Waals surface area (Å²) in [4.78, 5) is 23.4. The number of nitro benzene ring substituents is 1. The summed E-state index contributed by atoms with van der Waals surface area (Å²) in [7, 11) is 0. The molecule has 3 aromatic rings. The van der Waals surface area contributed by atoms with Crippen molar-refractivity contribution >= 4 is 17.3 Å². The average Bonchev–Trinajstić information content (AvgIpc) is 3.28. The van der Waals surface area contributed by atoms with E-state index >= 15 is 0 Å². The third kappa shape index (κ3) is 3.35. The van der Waals surface area contributed by atoms with Crippen molar-refractivity contribution in [3.63, 3.8) is 0 Å². The Balaban J connectivity index is 1.69. The normalized spacial score (nSPS) is 12.7. The van der Waals surface area contributed by atoms with Gasteiger partial charge in [0.15, 0.2) is 17.3 Å². The van der Waals surface area contributed by atoms with E-state index < -0.39 is 22.5 Å². The first kappa shape index (κ1) is 18.7. The van der Waals surface area contributed by atoms with Gasteiger partial charge in [-0.1, -0.05) is 6.07 Å². The van der Waals surface area contributed by atoms with E-state index in [9.17, 15) is 23.7 Å². The molecular weight excluding hydrogens is 382 g/mol. The molecule has 0 saturated carbocycles. The molecule has 2 aromatic carbocycles. The number of anilines is 1. The lowest BCUT2D eigenvalue weighted by Crippen LogP contribution is -2.15. The van der Waals surface area contributed by atoms with Gasteiger partial charge in [0.2, 0.25) is 0 Å². The van der Waals surface area contributed by atoms with Crippen LogP contribution in [-0.2, 0) is 12.8 Å². The highest BCUT2D eigenvalue weighted by Gasteiger charge is 2.27. The highest BCUT2D eigenvalue weighted by atomic mass is 19.2. The van der Waals surface area contributed by atoms with Crippen molar-refractivity contribution in [3.8, 4) is 5.69 Å². The van der Waals surface area contributed by atoms with Gasteiger partial charge in [0.1, 0.15) is 0 Å². The minimum atomic E-state index is -0.997. The van der Waals surface area contributed by atoms with Gasteiger partial charge in [0, 0.05) is 34.6 Å². The predicted octanol–water partition coefficient (Wildman–Crippen LogP) is 4.11. The van der Waals surface area contributed by atoms with Crippen LogP contribution in [-0.4, -0.2) is 20.6 Å². The summed E-state index contributed by atoms with van der Waals surface area (Å²) in [5.74, 6) is -2.47. The fraction of sp³-hybridized carbons (Fsp3) is 0.200. The number of fused-ring (bicyclic) bond motifs is 1. The zero-order chi connectivity index (χ0) is 20.7. The van der Waals surface area contributed by atoms with E-state index in [-0.39, 0.29) is 17.1 Å². The first-order chi connectivity index (χ1) is 13.8. The summed E-state index contributed by atoms with van der Waals surface area (Å²) in [6, 6.07) is 7.87. The minimum absolute atomic E-state index is 0.0969. The lowest BCUT2D eigenvalue weighted by atomic mass is 10.1. The Labute approximate surface area is 164 Å². The number of aromatic nitrogens is 2. The molecule has 0 saturated heterocycles. The summed E-state index contributed by atoms with van der Waals surface area (Å²) in [6.07, 6.45) is 2.10. The lowest BCUT2D eigenvalue weighted by molar-refractivity contribution is -0.385. The number of benzene rings is 2. The molecule has 0 bridgehead atoms. The van der Waals surface area contributed by atoms with Crippen LogP contribution in [0.25, 0.3) is 5.69 Å². The third-order valence-corrected chi connectivity index (χ3v) is 4.96. The number of rotatable bonds is 4. The van der Waals surface area contributed by atoms with Crippen LogP contribution in [0, 0.1) is 28.7 Å². The molecule has 0 fully saturated rings. The number of hydrogen-bond donors (Lipinski definition) is 1. The molecule has 0 radical (unpaired) electrons. The molecule has 9 heteroatoms. The number of nitrogens with one attached hydrogen (secondary N) is 1. The first-order valence-corrected chi connectivity index (χ1v) is 8.97. The Hall–Kier alpha value is -3.62. The Morgan fingerprint density at radius 1 is 1.17 bits per heavy atom. The maximum atomic E-state index is 13.7. The average molecular weight is 398 g/mol. The van der Waals surface area contributed by atoms with Crippen LogP contribution in [0.5, 0.6) is 0 Å². The van der Waals surface area contributed by atoms with E-state index in [0.29, 0.717) is 24.1 Å². The van der Waals surface area contributed by atoms with Gasteiger partial charge in [-0.05, 0) is 44.4 Å². The van der Waals surface area contributed by atoms with E-state index in [1.165, 1.54) is 16.8 Å². The second-order valence-corrected chi connectivity index (χ2v) is 6.85. The van der Waals surface area contributed by atoms with E-state index in [0.717, 1.165) is 29.8 Å². The molecule has 1 heterocycles. The number of aryl methyl sites for hydroxylation is 1. The molecule has 29 heavy (non-hydrogen) atoms. The molecular formula is C20H16F2N4O3. The van der Waals surface area contributed by atoms with Crippen LogP contribution in [0.4, 0.5) is 20.2 Å². The van der Waals surface area contributed by atoms with E-state index in [2.05, 4.69) is 10.4 Å². The minimum Gasteiger partial charge on any atom is -0.320 e. The van der Waals surface area contributed by atoms with Crippen molar-refractivity contribution in [1.29, 1.82) is 0 Å². The van der Waals surface area contributed by atoms with Gasteiger partial charge in [-0.2, -0.15) is 5.10 Å². The van der Waals surface area contributed by atoms with Crippen LogP contribution < -0.4 is 5.32 Å². The van der Waals surface area contributed by atoms with Crippen molar-refractivity contribution in [2.45, 2.75) is 26.2 Å². The Morgan fingerprint density at radius 3 is 2.69 bits per heavy atom. The molecule has 4 rings (SSSR count). The molecule has 0 unspecified atom stereocenters. The molecule has 1 aliphatic carbocycles. The maximum Gasteiger partial charge on any atom is 0.276 e. The Morgan fingerprint density at radius 2 is 1.97 bits per heavy atom. The molecule has 148 valence electrons. The largest absolute Gasteiger partial charge is 0.320 e. The molecule has 1 N–H and O–H groups in total. The smallest absolute Gasteiger partial charge is 0.276 e. The van der Waals surface area contributed by atoms with Crippen molar-refractivity contribution in [2.24, 2.45) is 0 Å². The van der Waals surface area contributed by atoms with Crippen molar-refractivity contribution < 1.29 is 18.5 Å². The summed E-state index contributed by atoms with van der Waals surface area (Å²) >= 11 is 0. The molecule has 7 nitrogen and oxygen atoms in total. The monoisotopic (exact) mass is 398 g/mol. The summed E-state index contributed by atoms with van der Waals surface area (Å²) in [5.41, 5.74) is 2.68. The molecule has 1 amide bonds. The summed E-state index contributed by atoms with van der Waals surface area (Å²) in [6.45, 7) is 1.61. The van der Waals surface area contributed by atoms with Gasteiger partial charge < -0.3 is 5.32 Å². The number of carbonyl (C=O) groups excluding carboxylic acids is 1. The number of halogens is 2. The summed E-state index contributed by atoms with van der Waals surface area (Å²) < 4.78 is 28.4. The van der Waals surface area contributed by atoms with E-state index in [4.69, 9.17) is 0 Å². The number of nitrogens with zero attached hydrogens (tertiary/aromatic N) is 3. The third-order valence-electron chi connectivity index (χ3n) is 4.96. The second kappa shape index (κ2) is 7.08. The lowest BCUT2D eigenvalue weighted by Gasteiger charge is -2.06. The van der Waals surface area contributed by atoms with E-state index in [1.54, 1.807) is 19.1 Å².